The molecule has 1 rings (SSSR count). The van der Waals surface area contributed by atoms with Crippen LogP contribution in [0.25, 0.3) is 0 Å². The molecule has 0 spiro atoms. The molecule has 0 atom stereocenters. The van der Waals surface area contributed by atoms with Crippen molar-refractivity contribution in [1.82, 2.24) is 4.90 Å². The van der Waals surface area contributed by atoms with Crippen molar-refractivity contribution in [3.05, 3.63) is 11.6 Å². The number of hydrogen-bond donors (Lipinski definition) is 1. The van der Waals surface area contributed by atoms with Crippen LogP contribution in [-0.2, 0) is 14.4 Å². The molecule has 76 valence electrons. The van der Waals surface area contributed by atoms with Crippen molar-refractivity contribution < 1.29 is 19.5 Å². The maximum absolute atomic E-state index is 11.1. The normalized spacial score (nSPS) is 17.8. The molecule has 1 fully saturated rings. The largest absolute Gasteiger partial charge is 0.478 e. The van der Waals surface area contributed by atoms with E-state index in [9.17, 15) is 14.4 Å². The monoisotopic (exact) mass is 197 g/mol. The number of carboxylic acid groups (broad SMARTS) is 1. The lowest BCUT2D eigenvalue weighted by Crippen LogP contribution is -2.29. The van der Waals surface area contributed by atoms with Crippen molar-refractivity contribution in [2.24, 2.45) is 0 Å². The fourth-order valence-electron chi connectivity index (χ4n) is 1.14. The van der Waals surface area contributed by atoms with Gasteiger partial charge in [-0.05, 0) is 6.92 Å². The van der Waals surface area contributed by atoms with E-state index in [1.807, 2.05) is 0 Å². The topological polar surface area (TPSA) is 74.7 Å². The number of hydrogen-bond acceptors (Lipinski definition) is 3. The van der Waals surface area contributed by atoms with Gasteiger partial charge in [0.1, 0.15) is 0 Å². The molecule has 1 aliphatic heterocycles. The van der Waals surface area contributed by atoms with E-state index in [2.05, 4.69) is 0 Å². The number of likely N-dealkylation sites (tertiary alicyclic amines) is 1. The van der Waals surface area contributed by atoms with Gasteiger partial charge >= 0.3 is 5.97 Å². The predicted molar refractivity (Wildman–Crippen MR) is 47.3 cm³/mol. The third-order valence-electron chi connectivity index (χ3n) is 2.07. The van der Waals surface area contributed by atoms with Gasteiger partial charge in [-0.25, -0.2) is 4.79 Å². The van der Waals surface area contributed by atoms with Gasteiger partial charge in [0.2, 0.25) is 11.8 Å². The summed E-state index contributed by atoms with van der Waals surface area (Å²) in [7, 11) is 0. The van der Waals surface area contributed by atoms with Crippen LogP contribution >= 0.6 is 0 Å². The predicted octanol–water partition coefficient (Wildman–Crippen LogP) is 0.166. The molecule has 0 saturated carbocycles. The summed E-state index contributed by atoms with van der Waals surface area (Å²) in [6.45, 7) is 1.49. The lowest BCUT2D eigenvalue weighted by atomic mass is 10.3. The van der Waals surface area contributed by atoms with E-state index in [0.29, 0.717) is 0 Å². The Labute approximate surface area is 81.0 Å². The van der Waals surface area contributed by atoms with Crippen molar-refractivity contribution in [3.63, 3.8) is 0 Å². The van der Waals surface area contributed by atoms with Gasteiger partial charge in [0, 0.05) is 25.0 Å². The second kappa shape index (κ2) is 4.04. The fraction of sp³-hybridized carbons (Fsp3) is 0.444. The zero-order valence-electron chi connectivity index (χ0n) is 7.82. The fourth-order valence-corrected chi connectivity index (χ4v) is 1.14. The van der Waals surface area contributed by atoms with Crippen LogP contribution in [0.15, 0.2) is 11.6 Å². The molecule has 1 N–H and O–H groups in total. The molecule has 2 amide bonds. The van der Waals surface area contributed by atoms with E-state index in [1.54, 1.807) is 0 Å². The highest BCUT2D eigenvalue weighted by molar-refractivity contribution is 6.02. The van der Waals surface area contributed by atoms with E-state index in [1.165, 1.54) is 13.0 Å². The van der Waals surface area contributed by atoms with Crippen molar-refractivity contribution in [2.75, 3.05) is 6.54 Å². The summed E-state index contributed by atoms with van der Waals surface area (Å²) >= 11 is 0. The van der Waals surface area contributed by atoms with Gasteiger partial charge in [-0.15, -0.1) is 0 Å². The first-order valence-electron chi connectivity index (χ1n) is 4.25. The molecule has 14 heavy (non-hydrogen) atoms. The Kier molecular flexibility index (Phi) is 3.01. The molecular weight excluding hydrogens is 186 g/mol. The molecule has 5 nitrogen and oxygen atoms in total. The minimum atomic E-state index is -1.04. The van der Waals surface area contributed by atoms with Crippen LogP contribution in [0.1, 0.15) is 19.8 Å². The molecule has 1 saturated heterocycles. The van der Waals surface area contributed by atoms with Gasteiger partial charge < -0.3 is 5.11 Å². The van der Waals surface area contributed by atoms with Crippen molar-refractivity contribution in [3.8, 4) is 0 Å². The number of aliphatic carboxylic acids is 1. The number of amides is 2. The number of imide groups is 1. The van der Waals surface area contributed by atoms with Crippen molar-refractivity contribution >= 4 is 17.8 Å². The molecule has 0 aliphatic carbocycles. The minimum absolute atomic E-state index is 0.0653. The van der Waals surface area contributed by atoms with E-state index < -0.39 is 5.97 Å². The van der Waals surface area contributed by atoms with Crippen molar-refractivity contribution in [1.29, 1.82) is 0 Å². The van der Waals surface area contributed by atoms with Crippen LogP contribution in [0.2, 0.25) is 0 Å². The van der Waals surface area contributed by atoms with E-state index in [0.717, 1.165) is 4.90 Å². The molecular formula is C9H11NO4. The first kappa shape index (κ1) is 10.4. The number of nitrogens with zero attached hydrogens (tertiary/aromatic N) is 1. The molecule has 5 heteroatoms. The van der Waals surface area contributed by atoms with Gasteiger partial charge in [-0.2, -0.15) is 0 Å². The molecule has 0 unspecified atom stereocenters. The Hall–Kier alpha value is -1.65. The first-order valence-corrected chi connectivity index (χ1v) is 4.25. The van der Waals surface area contributed by atoms with Gasteiger partial charge in [-0.3, -0.25) is 14.5 Å². The quantitative estimate of drug-likeness (QED) is 0.516. The molecule has 0 radical (unpaired) electrons. The summed E-state index contributed by atoms with van der Waals surface area (Å²) in [5.74, 6) is -1.50. The second-order valence-corrected chi connectivity index (χ2v) is 3.09. The van der Waals surface area contributed by atoms with Crippen molar-refractivity contribution in [2.45, 2.75) is 19.8 Å². The molecule has 0 aromatic rings. The number of rotatable bonds is 3. The molecule has 0 bridgehead atoms. The Balaban J connectivity index is 2.61. The van der Waals surface area contributed by atoms with Gasteiger partial charge in [0.15, 0.2) is 0 Å². The van der Waals surface area contributed by atoms with E-state index in [4.69, 9.17) is 5.11 Å². The molecule has 0 aromatic carbocycles. The standard InChI is InChI=1S/C9H11NO4/c1-6(9(13)14)4-5-10-7(11)2-3-8(10)12/h4H,2-3,5H2,1H3,(H,13,14). The van der Waals surface area contributed by atoms with Crippen LogP contribution in [0.5, 0.6) is 0 Å². The summed E-state index contributed by atoms with van der Waals surface area (Å²) in [4.78, 5) is 33.7. The maximum Gasteiger partial charge on any atom is 0.331 e. The lowest BCUT2D eigenvalue weighted by molar-refractivity contribution is -0.138. The highest BCUT2D eigenvalue weighted by Gasteiger charge is 2.27. The summed E-state index contributed by atoms with van der Waals surface area (Å²) < 4.78 is 0. The Morgan fingerprint density at radius 3 is 2.36 bits per heavy atom. The van der Waals surface area contributed by atoms with E-state index in [-0.39, 0.29) is 36.8 Å². The lowest BCUT2D eigenvalue weighted by Gasteiger charge is -2.10. The summed E-state index contributed by atoms with van der Waals surface area (Å²) in [6, 6.07) is 0. The van der Waals surface area contributed by atoms with Gasteiger partial charge in [0.25, 0.3) is 0 Å². The highest BCUT2D eigenvalue weighted by atomic mass is 16.4. The summed E-state index contributed by atoms with van der Waals surface area (Å²) in [6.07, 6.45) is 1.83. The summed E-state index contributed by atoms with van der Waals surface area (Å²) in [5.41, 5.74) is 0.137. The van der Waals surface area contributed by atoms with Gasteiger partial charge in [-0.1, -0.05) is 6.08 Å². The van der Waals surface area contributed by atoms with Crippen LogP contribution < -0.4 is 0 Å². The molecule has 1 aliphatic rings. The number of carbonyl (C=O) groups excluding carboxylic acids is 2. The minimum Gasteiger partial charge on any atom is -0.478 e. The van der Waals surface area contributed by atoms with Crippen LogP contribution in [-0.4, -0.2) is 34.3 Å². The smallest absolute Gasteiger partial charge is 0.331 e. The second-order valence-electron chi connectivity index (χ2n) is 3.09. The number of carbonyl (C=O) groups is 3. The zero-order chi connectivity index (χ0) is 10.7. The third-order valence-corrected chi connectivity index (χ3v) is 2.07. The summed E-state index contributed by atoms with van der Waals surface area (Å²) in [5, 5.41) is 8.53. The average Bonchev–Trinajstić information content (AvgIpc) is 2.43. The highest BCUT2D eigenvalue weighted by Crippen LogP contribution is 2.11. The Morgan fingerprint density at radius 2 is 1.93 bits per heavy atom. The number of carboxylic acids is 1. The first-order chi connectivity index (χ1) is 6.52. The molecule has 1 heterocycles. The van der Waals surface area contributed by atoms with Crippen LogP contribution in [0.4, 0.5) is 0 Å². The Bertz CT molecular complexity index is 303. The third kappa shape index (κ3) is 2.18. The SMILES string of the molecule is CC(=CCN1C(=O)CCC1=O)C(=O)O. The Morgan fingerprint density at radius 1 is 1.43 bits per heavy atom. The van der Waals surface area contributed by atoms with Crippen LogP contribution in [0.3, 0.4) is 0 Å². The van der Waals surface area contributed by atoms with Crippen LogP contribution in [0, 0.1) is 0 Å². The average molecular weight is 197 g/mol. The zero-order valence-corrected chi connectivity index (χ0v) is 7.82. The van der Waals surface area contributed by atoms with E-state index >= 15 is 0 Å². The van der Waals surface area contributed by atoms with Gasteiger partial charge in [0.05, 0.1) is 0 Å². The maximum atomic E-state index is 11.1. The molecule has 0 aromatic heterocycles.